The van der Waals surface area contributed by atoms with E-state index in [1.54, 1.807) is 12.1 Å². The van der Waals surface area contributed by atoms with Crippen LogP contribution in [0.4, 0.5) is 5.69 Å². The SMILES string of the molecule is CCC(C(=O)NC1CCCCC1)N(Cc1ccccc1)C(=O)CN(c1ccc(Cl)c(Cl)c1)S(=O)(=O)c1ccc(C)cc1. The number of nitrogens with zero attached hydrogens (tertiary/aromatic N) is 2. The van der Waals surface area contributed by atoms with Gasteiger partial charge in [0.25, 0.3) is 10.0 Å². The lowest BCUT2D eigenvalue weighted by Gasteiger charge is -2.34. The summed E-state index contributed by atoms with van der Waals surface area (Å²) in [6.07, 6.45) is 5.47. The van der Waals surface area contributed by atoms with Crippen LogP contribution in [-0.4, -0.2) is 43.8 Å². The quantitative estimate of drug-likeness (QED) is 0.254. The molecule has 1 atom stereocenters. The van der Waals surface area contributed by atoms with Gasteiger partial charge in [0.1, 0.15) is 12.6 Å². The predicted octanol–water partition coefficient (Wildman–Crippen LogP) is 6.75. The molecule has 0 aliphatic heterocycles. The van der Waals surface area contributed by atoms with Crippen LogP contribution in [0.15, 0.2) is 77.7 Å². The van der Waals surface area contributed by atoms with Gasteiger partial charge >= 0.3 is 0 Å². The largest absolute Gasteiger partial charge is 0.352 e. The molecule has 0 spiro atoms. The number of sulfonamides is 1. The van der Waals surface area contributed by atoms with Gasteiger partial charge in [-0.05, 0) is 62.1 Å². The Balaban J connectivity index is 1.71. The molecule has 224 valence electrons. The van der Waals surface area contributed by atoms with Gasteiger partial charge in [0.05, 0.1) is 20.6 Å². The first-order chi connectivity index (χ1) is 20.1. The van der Waals surface area contributed by atoms with Crippen LogP contribution in [0.2, 0.25) is 10.0 Å². The van der Waals surface area contributed by atoms with E-state index in [4.69, 9.17) is 23.2 Å². The zero-order valence-corrected chi connectivity index (χ0v) is 26.3. The number of hydrogen-bond donors (Lipinski definition) is 1. The molecule has 1 aliphatic carbocycles. The second-order valence-electron chi connectivity index (χ2n) is 10.7. The summed E-state index contributed by atoms with van der Waals surface area (Å²) in [6.45, 7) is 3.34. The normalized spacial score (nSPS) is 14.7. The summed E-state index contributed by atoms with van der Waals surface area (Å²) in [5, 5.41) is 3.57. The van der Waals surface area contributed by atoms with E-state index in [-0.39, 0.29) is 39.1 Å². The lowest BCUT2D eigenvalue weighted by Crippen LogP contribution is -2.54. The van der Waals surface area contributed by atoms with Crippen molar-refractivity contribution in [1.29, 1.82) is 0 Å². The second kappa shape index (κ2) is 14.4. The Morgan fingerprint density at radius 2 is 1.60 bits per heavy atom. The fourth-order valence-corrected chi connectivity index (χ4v) is 6.95. The molecular weight excluding hydrogens is 593 g/mol. The first-order valence-corrected chi connectivity index (χ1v) is 16.5. The molecule has 0 heterocycles. The Labute approximate surface area is 258 Å². The number of aryl methyl sites for hydroxylation is 1. The second-order valence-corrected chi connectivity index (χ2v) is 13.4. The van der Waals surface area contributed by atoms with Crippen molar-refractivity contribution < 1.29 is 18.0 Å². The highest BCUT2D eigenvalue weighted by molar-refractivity contribution is 7.92. The van der Waals surface area contributed by atoms with E-state index >= 15 is 0 Å². The third-order valence-electron chi connectivity index (χ3n) is 7.61. The minimum atomic E-state index is -4.19. The minimum absolute atomic E-state index is 0.0312. The molecule has 3 aromatic carbocycles. The number of halogens is 2. The Bertz CT molecular complexity index is 1480. The Hall–Kier alpha value is -3.07. The zero-order chi connectivity index (χ0) is 30.3. The first-order valence-electron chi connectivity index (χ1n) is 14.3. The number of nitrogens with one attached hydrogen (secondary N) is 1. The molecule has 3 aromatic rings. The molecule has 1 saturated carbocycles. The van der Waals surface area contributed by atoms with Gasteiger partial charge in [-0.3, -0.25) is 13.9 Å². The van der Waals surface area contributed by atoms with Crippen molar-refractivity contribution in [2.24, 2.45) is 0 Å². The highest BCUT2D eigenvalue weighted by Crippen LogP contribution is 2.31. The summed E-state index contributed by atoms with van der Waals surface area (Å²) in [4.78, 5) is 29.3. The molecule has 1 aliphatic rings. The van der Waals surface area contributed by atoms with Crippen molar-refractivity contribution >= 4 is 50.7 Å². The summed E-state index contributed by atoms with van der Waals surface area (Å²) in [5.74, 6) is -0.734. The average molecular weight is 631 g/mol. The van der Waals surface area contributed by atoms with Crippen LogP contribution >= 0.6 is 23.2 Å². The standard InChI is InChI=1S/C32H37Cl2N3O4S/c1-3-30(32(39)35-25-12-8-5-9-13-25)36(21-24-10-6-4-7-11-24)31(38)22-37(26-16-19-28(33)29(34)20-26)42(40,41)27-17-14-23(2)15-18-27/h4,6-7,10-11,14-20,25,30H,3,5,8-9,12-13,21-22H2,1-2H3,(H,35,39). The predicted molar refractivity (Wildman–Crippen MR) is 168 cm³/mol. The summed E-state index contributed by atoms with van der Waals surface area (Å²) < 4.78 is 29.0. The number of amides is 2. The van der Waals surface area contributed by atoms with Crippen LogP contribution in [0.3, 0.4) is 0 Å². The highest BCUT2D eigenvalue weighted by Gasteiger charge is 2.34. The number of benzene rings is 3. The van der Waals surface area contributed by atoms with E-state index in [2.05, 4.69) is 5.32 Å². The molecule has 42 heavy (non-hydrogen) atoms. The van der Waals surface area contributed by atoms with Gasteiger partial charge in [-0.25, -0.2) is 8.42 Å². The lowest BCUT2D eigenvalue weighted by atomic mass is 9.95. The van der Waals surface area contributed by atoms with Gasteiger partial charge in [0, 0.05) is 12.6 Å². The van der Waals surface area contributed by atoms with Crippen molar-refractivity contribution in [3.63, 3.8) is 0 Å². The van der Waals surface area contributed by atoms with E-state index in [0.717, 1.165) is 47.5 Å². The van der Waals surface area contributed by atoms with Crippen LogP contribution in [0, 0.1) is 6.92 Å². The molecule has 0 saturated heterocycles. The number of anilines is 1. The summed E-state index contributed by atoms with van der Waals surface area (Å²) >= 11 is 12.4. The molecule has 7 nitrogen and oxygen atoms in total. The topological polar surface area (TPSA) is 86.8 Å². The number of carbonyl (C=O) groups is 2. The van der Waals surface area contributed by atoms with Gasteiger partial charge in [0.15, 0.2) is 0 Å². The van der Waals surface area contributed by atoms with Gasteiger partial charge in [-0.1, -0.05) is 97.4 Å². The molecule has 4 rings (SSSR count). The van der Waals surface area contributed by atoms with Gasteiger partial charge < -0.3 is 10.2 Å². The Morgan fingerprint density at radius 1 is 0.929 bits per heavy atom. The van der Waals surface area contributed by atoms with Crippen molar-refractivity contribution in [3.05, 3.63) is 94.0 Å². The molecule has 0 aromatic heterocycles. The van der Waals surface area contributed by atoms with Crippen molar-refractivity contribution in [3.8, 4) is 0 Å². The molecule has 10 heteroatoms. The summed E-state index contributed by atoms with van der Waals surface area (Å²) in [5.41, 5.74) is 1.92. The minimum Gasteiger partial charge on any atom is -0.352 e. The Kier molecular flexibility index (Phi) is 10.9. The molecule has 0 radical (unpaired) electrons. The fraction of sp³-hybridized carbons (Fsp3) is 0.375. The smallest absolute Gasteiger partial charge is 0.264 e. The van der Waals surface area contributed by atoms with Crippen molar-refractivity contribution in [1.82, 2.24) is 10.2 Å². The van der Waals surface area contributed by atoms with Crippen LogP contribution in [0.25, 0.3) is 0 Å². The van der Waals surface area contributed by atoms with E-state index in [9.17, 15) is 18.0 Å². The maximum atomic E-state index is 14.2. The maximum absolute atomic E-state index is 14.2. The number of carbonyl (C=O) groups excluding carboxylic acids is 2. The third-order valence-corrected chi connectivity index (χ3v) is 10.1. The fourth-order valence-electron chi connectivity index (χ4n) is 5.25. The maximum Gasteiger partial charge on any atom is 0.264 e. The summed E-state index contributed by atoms with van der Waals surface area (Å²) in [6, 6.07) is 19.5. The number of hydrogen-bond acceptors (Lipinski definition) is 4. The molecule has 2 amide bonds. The Morgan fingerprint density at radius 3 is 2.21 bits per heavy atom. The monoisotopic (exact) mass is 629 g/mol. The van der Waals surface area contributed by atoms with Crippen LogP contribution < -0.4 is 9.62 Å². The molecule has 0 bridgehead atoms. The van der Waals surface area contributed by atoms with E-state index in [1.165, 1.54) is 35.2 Å². The third kappa shape index (κ3) is 7.85. The van der Waals surface area contributed by atoms with Gasteiger partial charge in [-0.15, -0.1) is 0 Å². The number of rotatable bonds is 11. The zero-order valence-electron chi connectivity index (χ0n) is 23.9. The van der Waals surface area contributed by atoms with Gasteiger partial charge in [-0.2, -0.15) is 0 Å². The molecule has 1 N–H and O–H groups in total. The van der Waals surface area contributed by atoms with E-state index in [1.807, 2.05) is 44.2 Å². The molecule has 1 fully saturated rings. The van der Waals surface area contributed by atoms with Gasteiger partial charge in [0.2, 0.25) is 11.8 Å². The summed E-state index contributed by atoms with van der Waals surface area (Å²) in [7, 11) is -4.19. The van der Waals surface area contributed by atoms with E-state index in [0.29, 0.717) is 6.42 Å². The molecule has 1 unspecified atom stereocenters. The highest BCUT2D eigenvalue weighted by atomic mass is 35.5. The molecular formula is C32H37Cl2N3O4S. The van der Waals surface area contributed by atoms with Crippen LogP contribution in [-0.2, 0) is 26.2 Å². The first kappa shape index (κ1) is 31.9. The van der Waals surface area contributed by atoms with Crippen LogP contribution in [0.1, 0.15) is 56.6 Å². The average Bonchev–Trinajstić information content (AvgIpc) is 2.98. The lowest BCUT2D eigenvalue weighted by molar-refractivity contribution is -0.140. The van der Waals surface area contributed by atoms with Crippen molar-refractivity contribution in [2.75, 3.05) is 10.8 Å². The van der Waals surface area contributed by atoms with Crippen molar-refractivity contribution in [2.45, 2.75) is 75.9 Å². The van der Waals surface area contributed by atoms with Crippen LogP contribution in [0.5, 0.6) is 0 Å². The van der Waals surface area contributed by atoms with E-state index < -0.39 is 28.5 Å².